The number of amides is 1. The van der Waals surface area contributed by atoms with Crippen LogP contribution in [0.5, 0.6) is 0 Å². The van der Waals surface area contributed by atoms with E-state index in [0.29, 0.717) is 5.56 Å². The summed E-state index contributed by atoms with van der Waals surface area (Å²) in [7, 11) is 0. The first-order valence-electron chi connectivity index (χ1n) is 3.67. The van der Waals surface area contributed by atoms with E-state index in [4.69, 9.17) is 10.4 Å². The zero-order valence-corrected chi connectivity index (χ0v) is 6.82. The number of carbonyl (C=O) groups is 1. The first-order valence-corrected chi connectivity index (χ1v) is 3.67. The predicted octanol–water partition coefficient (Wildman–Crippen LogP) is 0.238. The standard InChI is InChI=1S/C9H8N2O2/c10-5-7-3-1-2-4-8(7)9(13)11-6-12/h1-4,12H,6H2,(H,11,13). The third-order valence-corrected chi connectivity index (χ3v) is 1.53. The monoisotopic (exact) mass is 176 g/mol. The van der Waals surface area contributed by atoms with E-state index in [2.05, 4.69) is 5.32 Å². The fourth-order valence-corrected chi connectivity index (χ4v) is 0.946. The number of aliphatic hydroxyl groups excluding tert-OH is 1. The van der Waals surface area contributed by atoms with Gasteiger partial charge in [-0.15, -0.1) is 0 Å². The van der Waals surface area contributed by atoms with Crippen LogP contribution in [0.1, 0.15) is 15.9 Å². The lowest BCUT2D eigenvalue weighted by Crippen LogP contribution is -2.24. The molecule has 0 saturated carbocycles. The molecule has 0 aromatic heterocycles. The van der Waals surface area contributed by atoms with Crippen molar-refractivity contribution < 1.29 is 9.90 Å². The molecule has 4 nitrogen and oxygen atoms in total. The molecule has 0 radical (unpaired) electrons. The van der Waals surface area contributed by atoms with Gasteiger partial charge in [-0.05, 0) is 12.1 Å². The molecule has 4 heteroatoms. The van der Waals surface area contributed by atoms with Crippen molar-refractivity contribution in [3.63, 3.8) is 0 Å². The van der Waals surface area contributed by atoms with Crippen LogP contribution in [0.4, 0.5) is 0 Å². The van der Waals surface area contributed by atoms with Crippen LogP contribution in [-0.4, -0.2) is 17.7 Å². The molecule has 0 spiro atoms. The van der Waals surface area contributed by atoms with Crippen molar-refractivity contribution in [2.75, 3.05) is 6.73 Å². The van der Waals surface area contributed by atoms with Gasteiger partial charge < -0.3 is 10.4 Å². The number of hydrogen-bond donors (Lipinski definition) is 2. The molecule has 1 aromatic rings. The molecular weight excluding hydrogens is 168 g/mol. The molecule has 66 valence electrons. The Morgan fingerprint density at radius 3 is 2.85 bits per heavy atom. The Balaban J connectivity index is 3.01. The van der Waals surface area contributed by atoms with Crippen LogP contribution in [0.15, 0.2) is 24.3 Å². The van der Waals surface area contributed by atoms with Gasteiger partial charge in [0.1, 0.15) is 6.73 Å². The SMILES string of the molecule is N#Cc1ccccc1C(=O)NCO. The average Bonchev–Trinajstić information content (AvgIpc) is 2.18. The van der Waals surface area contributed by atoms with Gasteiger partial charge in [0.15, 0.2) is 0 Å². The van der Waals surface area contributed by atoms with E-state index in [9.17, 15) is 4.79 Å². The molecule has 13 heavy (non-hydrogen) atoms. The van der Waals surface area contributed by atoms with Crippen molar-refractivity contribution in [1.82, 2.24) is 5.32 Å². The van der Waals surface area contributed by atoms with Crippen molar-refractivity contribution in [3.05, 3.63) is 35.4 Å². The van der Waals surface area contributed by atoms with E-state index in [1.165, 1.54) is 6.07 Å². The smallest absolute Gasteiger partial charge is 0.254 e. The van der Waals surface area contributed by atoms with Crippen LogP contribution >= 0.6 is 0 Å². The summed E-state index contributed by atoms with van der Waals surface area (Å²) in [5, 5.41) is 19.3. The summed E-state index contributed by atoms with van der Waals surface area (Å²) in [5.41, 5.74) is 0.576. The van der Waals surface area contributed by atoms with Gasteiger partial charge in [-0.2, -0.15) is 5.26 Å². The summed E-state index contributed by atoms with van der Waals surface area (Å²) in [6, 6.07) is 8.31. The van der Waals surface area contributed by atoms with Crippen LogP contribution in [0, 0.1) is 11.3 Å². The maximum atomic E-state index is 11.2. The Labute approximate surface area is 75.4 Å². The van der Waals surface area contributed by atoms with Crippen LogP contribution < -0.4 is 5.32 Å². The van der Waals surface area contributed by atoms with E-state index in [0.717, 1.165) is 0 Å². The molecule has 2 N–H and O–H groups in total. The van der Waals surface area contributed by atoms with Gasteiger partial charge in [0.2, 0.25) is 0 Å². The van der Waals surface area contributed by atoms with E-state index < -0.39 is 12.6 Å². The number of aliphatic hydroxyl groups is 1. The highest BCUT2D eigenvalue weighted by molar-refractivity contribution is 5.96. The van der Waals surface area contributed by atoms with Crippen LogP contribution in [0.25, 0.3) is 0 Å². The number of nitriles is 1. The fourth-order valence-electron chi connectivity index (χ4n) is 0.946. The third-order valence-electron chi connectivity index (χ3n) is 1.53. The number of rotatable bonds is 2. The summed E-state index contributed by atoms with van der Waals surface area (Å²) in [6.45, 7) is -0.432. The molecule has 0 bridgehead atoms. The Kier molecular flexibility index (Phi) is 3.01. The minimum absolute atomic E-state index is 0.277. The highest BCUT2D eigenvalue weighted by atomic mass is 16.3. The number of nitrogens with one attached hydrogen (secondary N) is 1. The first kappa shape index (κ1) is 9.23. The van der Waals surface area contributed by atoms with Crippen molar-refractivity contribution in [3.8, 4) is 6.07 Å². The zero-order chi connectivity index (χ0) is 9.68. The Morgan fingerprint density at radius 1 is 1.54 bits per heavy atom. The molecule has 0 aliphatic heterocycles. The summed E-state index contributed by atoms with van der Waals surface area (Å²) < 4.78 is 0. The lowest BCUT2D eigenvalue weighted by atomic mass is 10.1. The van der Waals surface area contributed by atoms with Gasteiger partial charge in [0.25, 0.3) is 5.91 Å². The van der Waals surface area contributed by atoms with E-state index in [1.807, 2.05) is 6.07 Å². The predicted molar refractivity (Wildman–Crippen MR) is 45.7 cm³/mol. The maximum absolute atomic E-state index is 11.2. The maximum Gasteiger partial charge on any atom is 0.254 e. The minimum atomic E-state index is -0.445. The molecule has 0 aliphatic carbocycles. The van der Waals surface area contributed by atoms with Gasteiger partial charge in [0.05, 0.1) is 17.2 Å². The summed E-state index contributed by atoms with van der Waals surface area (Å²) in [5.74, 6) is -0.445. The normalized spacial score (nSPS) is 8.92. The molecule has 0 unspecified atom stereocenters. The zero-order valence-electron chi connectivity index (χ0n) is 6.82. The van der Waals surface area contributed by atoms with Crippen molar-refractivity contribution in [1.29, 1.82) is 5.26 Å². The van der Waals surface area contributed by atoms with Gasteiger partial charge in [-0.3, -0.25) is 4.79 Å². The second kappa shape index (κ2) is 4.24. The minimum Gasteiger partial charge on any atom is -0.376 e. The van der Waals surface area contributed by atoms with Crippen LogP contribution in [0.3, 0.4) is 0 Å². The highest BCUT2D eigenvalue weighted by Gasteiger charge is 2.08. The topological polar surface area (TPSA) is 73.1 Å². The van der Waals surface area contributed by atoms with Crippen molar-refractivity contribution >= 4 is 5.91 Å². The van der Waals surface area contributed by atoms with E-state index in [-0.39, 0.29) is 5.56 Å². The Hall–Kier alpha value is -1.86. The van der Waals surface area contributed by atoms with Gasteiger partial charge >= 0.3 is 0 Å². The molecule has 1 aromatic carbocycles. The summed E-state index contributed by atoms with van der Waals surface area (Å²) in [6.07, 6.45) is 0. The molecule has 1 rings (SSSR count). The highest BCUT2D eigenvalue weighted by Crippen LogP contribution is 2.06. The molecule has 0 saturated heterocycles. The number of nitrogens with zero attached hydrogens (tertiary/aromatic N) is 1. The van der Waals surface area contributed by atoms with Gasteiger partial charge in [-0.1, -0.05) is 12.1 Å². The van der Waals surface area contributed by atoms with Crippen LogP contribution in [-0.2, 0) is 0 Å². The van der Waals surface area contributed by atoms with Gasteiger partial charge in [-0.25, -0.2) is 0 Å². The quantitative estimate of drug-likeness (QED) is 0.634. The van der Waals surface area contributed by atoms with Crippen LogP contribution in [0.2, 0.25) is 0 Å². The summed E-state index contributed by atoms with van der Waals surface area (Å²) >= 11 is 0. The van der Waals surface area contributed by atoms with Gasteiger partial charge in [0, 0.05) is 0 Å². The lowest BCUT2D eigenvalue weighted by Gasteiger charge is -2.02. The first-order chi connectivity index (χ1) is 6.29. The average molecular weight is 176 g/mol. The molecule has 0 aliphatic rings. The van der Waals surface area contributed by atoms with Crippen molar-refractivity contribution in [2.45, 2.75) is 0 Å². The molecule has 0 atom stereocenters. The van der Waals surface area contributed by atoms with Crippen molar-refractivity contribution in [2.24, 2.45) is 0 Å². The van der Waals surface area contributed by atoms with E-state index >= 15 is 0 Å². The largest absolute Gasteiger partial charge is 0.376 e. The number of benzene rings is 1. The third kappa shape index (κ3) is 2.04. The molecular formula is C9H8N2O2. The second-order valence-electron chi connectivity index (χ2n) is 2.32. The Bertz CT molecular complexity index is 355. The molecule has 1 amide bonds. The lowest BCUT2D eigenvalue weighted by molar-refractivity contribution is 0.0910. The number of carbonyl (C=O) groups excluding carboxylic acids is 1. The Morgan fingerprint density at radius 2 is 2.23 bits per heavy atom. The van der Waals surface area contributed by atoms with E-state index in [1.54, 1.807) is 18.2 Å². The summed E-state index contributed by atoms with van der Waals surface area (Å²) in [4.78, 5) is 11.2. The molecule has 0 fully saturated rings. The fraction of sp³-hybridized carbons (Fsp3) is 0.111. The molecule has 0 heterocycles. The second-order valence-corrected chi connectivity index (χ2v) is 2.32. The number of hydrogen-bond acceptors (Lipinski definition) is 3.